The fraction of sp³-hybridized carbons (Fsp3) is 0.100. The van der Waals surface area contributed by atoms with E-state index in [4.69, 9.17) is 5.11 Å². The van der Waals surface area contributed by atoms with Crippen molar-refractivity contribution in [2.45, 2.75) is 12.6 Å². The number of para-hydroxylation sites is 1. The van der Waals surface area contributed by atoms with Gasteiger partial charge in [0.1, 0.15) is 0 Å². The summed E-state index contributed by atoms with van der Waals surface area (Å²) in [6.45, 7) is 2.76. The maximum atomic E-state index is 13.9. The van der Waals surface area contributed by atoms with E-state index in [1.54, 1.807) is 48.5 Å². The number of benzene rings is 4. The van der Waals surface area contributed by atoms with Crippen molar-refractivity contribution in [2.75, 3.05) is 21.7 Å². The predicted molar refractivity (Wildman–Crippen MR) is 150 cm³/mol. The molecule has 0 saturated heterocycles. The van der Waals surface area contributed by atoms with Crippen LogP contribution < -0.4 is 15.1 Å². The number of H-pyrrole nitrogens is 1. The number of hydrogen-bond donors (Lipinski definition) is 4. The number of amides is 2. The summed E-state index contributed by atoms with van der Waals surface area (Å²) in [5.41, 5.74) is 2.91. The molecule has 194 valence electrons. The molecule has 1 aliphatic heterocycles. The van der Waals surface area contributed by atoms with E-state index < -0.39 is 11.8 Å². The lowest BCUT2D eigenvalue weighted by Crippen LogP contribution is -2.45. The minimum Gasteiger partial charge on any atom is -0.465 e. The lowest BCUT2D eigenvalue weighted by Gasteiger charge is -2.35. The molecule has 0 saturated carbocycles. The second-order valence-electron chi connectivity index (χ2n) is 9.21. The van der Waals surface area contributed by atoms with E-state index in [2.05, 4.69) is 27.1 Å². The van der Waals surface area contributed by atoms with Gasteiger partial charge in [0.25, 0.3) is 5.91 Å². The Kier molecular flexibility index (Phi) is 5.77. The molecule has 9 heteroatoms. The number of nitrogens with one attached hydrogen (secondary N) is 2. The van der Waals surface area contributed by atoms with E-state index in [0.29, 0.717) is 40.0 Å². The molecular formula is C30H25N5O4. The second kappa shape index (κ2) is 9.30. The third-order valence-electron chi connectivity index (χ3n) is 6.95. The van der Waals surface area contributed by atoms with Crippen LogP contribution in [0.5, 0.6) is 0 Å². The molecule has 2 amide bonds. The topological polar surface area (TPSA) is 122 Å². The highest BCUT2D eigenvalue weighted by Gasteiger charge is 2.50. The molecule has 1 atom stereocenters. The first-order valence-corrected chi connectivity index (χ1v) is 12.5. The van der Waals surface area contributed by atoms with E-state index in [1.165, 1.54) is 4.90 Å². The molecule has 1 unspecified atom stereocenters. The Bertz CT molecular complexity index is 1720. The minimum absolute atomic E-state index is 0.0645. The number of nitrogens with zero attached hydrogens (tertiary/aromatic N) is 3. The van der Waals surface area contributed by atoms with Crippen molar-refractivity contribution < 1.29 is 19.8 Å². The van der Waals surface area contributed by atoms with Crippen molar-refractivity contribution in [3.8, 4) is 0 Å². The Morgan fingerprint density at radius 3 is 2.49 bits per heavy atom. The summed E-state index contributed by atoms with van der Waals surface area (Å²) in [6.07, 6.45) is -1.24. The second-order valence-corrected chi connectivity index (χ2v) is 9.21. The fourth-order valence-electron chi connectivity index (χ4n) is 5.26. The molecule has 0 aliphatic carbocycles. The molecule has 1 aromatic heterocycles. The van der Waals surface area contributed by atoms with Crippen molar-refractivity contribution in [1.82, 2.24) is 9.97 Å². The minimum atomic E-state index is -1.82. The van der Waals surface area contributed by atoms with Gasteiger partial charge in [0.15, 0.2) is 5.72 Å². The van der Waals surface area contributed by atoms with Gasteiger partial charge in [-0.3, -0.25) is 15.0 Å². The maximum absolute atomic E-state index is 13.9. The smallest absolute Gasteiger partial charge is 0.411 e. The SMILES string of the molecule is CCN(c1ccccc1)c1cccc(N2C(=O)c3ccccc3C2(O)c2ccc3nc(NC(=O)O)[nH]c3c2)c1. The number of imidazole rings is 1. The molecule has 4 aromatic carbocycles. The van der Waals surface area contributed by atoms with Gasteiger partial charge in [-0.15, -0.1) is 0 Å². The molecule has 0 bridgehead atoms. The molecule has 4 N–H and O–H groups in total. The Labute approximate surface area is 224 Å². The van der Waals surface area contributed by atoms with E-state index in [-0.39, 0.29) is 11.9 Å². The number of fused-ring (bicyclic) bond motifs is 2. The molecule has 2 heterocycles. The van der Waals surface area contributed by atoms with Crippen molar-refractivity contribution in [3.63, 3.8) is 0 Å². The van der Waals surface area contributed by atoms with Gasteiger partial charge in [0, 0.05) is 40.3 Å². The van der Waals surface area contributed by atoms with Gasteiger partial charge in [0.05, 0.1) is 11.0 Å². The van der Waals surface area contributed by atoms with Crippen LogP contribution in [0.4, 0.5) is 27.8 Å². The Morgan fingerprint density at radius 2 is 1.72 bits per heavy atom. The summed E-state index contributed by atoms with van der Waals surface area (Å²) >= 11 is 0. The zero-order chi connectivity index (χ0) is 27.1. The number of carbonyl (C=O) groups excluding carboxylic acids is 1. The number of hydrogen-bond acceptors (Lipinski definition) is 5. The molecule has 6 rings (SSSR count). The highest BCUT2D eigenvalue weighted by atomic mass is 16.4. The van der Waals surface area contributed by atoms with Crippen molar-refractivity contribution in [2.24, 2.45) is 0 Å². The van der Waals surface area contributed by atoms with Gasteiger partial charge < -0.3 is 20.1 Å². The molecule has 0 fully saturated rings. The Balaban J connectivity index is 1.49. The summed E-state index contributed by atoms with van der Waals surface area (Å²) in [7, 11) is 0. The predicted octanol–water partition coefficient (Wildman–Crippen LogP) is 5.66. The zero-order valence-electron chi connectivity index (χ0n) is 21.0. The maximum Gasteiger partial charge on any atom is 0.411 e. The lowest BCUT2D eigenvalue weighted by atomic mass is 9.93. The quantitative estimate of drug-likeness (QED) is 0.230. The number of rotatable bonds is 6. The van der Waals surface area contributed by atoms with Crippen LogP contribution in [0.3, 0.4) is 0 Å². The van der Waals surface area contributed by atoms with Crippen molar-refractivity contribution >= 4 is 46.0 Å². The number of carboxylic acid groups (broad SMARTS) is 1. The van der Waals surface area contributed by atoms with Crippen LogP contribution in [0.25, 0.3) is 11.0 Å². The average Bonchev–Trinajstić information content (AvgIpc) is 3.45. The summed E-state index contributed by atoms with van der Waals surface area (Å²) in [5.74, 6) is -0.263. The summed E-state index contributed by atoms with van der Waals surface area (Å²) in [5, 5.41) is 23.7. The van der Waals surface area contributed by atoms with Crippen LogP contribution in [0.2, 0.25) is 0 Å². The molecule has 0 radical (unpaired) electrons. The van der Waals surface area contributed by atoms with Gasteiger partial charge in [-0.1, -0.05) is 48.5 Å². The van der Waals surface area contributed by atoms with Crippen LogP contribution in [0.1, 0.15) is 28.4 Å². The van der Waals surface area contributed by atoms with Crippen LogP contribution in [-0.2, 0) is 5.72 Å². The van der Waals surface area contributed by atoms with Crippen molar-refractivity contribution in [3.05, 3.63) is 114 Å². The number of aromatic amines is 1. The third-order valence-corrected chi connectivity index (χ3v) is 6.95. The normalized spacial score (nSPS) is 16.4. The highest BCUT2D eigenvalue weighted by Crippen LogP contribution is 2.46. The van der Waals surface area contributed by atoms with Gasteiger partial charge >= 0.3 is 6.09 Å². The van der Waals surface area contributed by atoms with Crippen LogP contribution >= 0.6 is 0 Å². The first-order chi connectivity index (χ1) is 18.9. The van der Waals surface area contributed by atoms with E-state index in [1.807, 2.05) is 48.5 Å². The number of aromatic nitrogens is 2. The van der Waals surface area contributed by atoms with Gasteiger partial charge in [-0.2, -0.15) is 0 Å². The third kappa shape index (κ3) is 3.96. The average molecular weight is 520 g/mol. The first kappa shape index (κ1) is 24.2. The van der Waals surface area contributed by atoms with E-state index in [9.17, 15) is 14.7 Å². The van der Waals surface area contributed by atoms with E-state index in [0.717, 1.165) is 11.4 Å². The Morgan fingerprint density at radius 1 is 0.974 bits per heavy atom. The number of anilines is 4. The molecular weight excluding hydrogens is 494 g/mol. The largest absolute Gasteiger partial charge is 0.465 e. The lowest BCUT2D eigenvalue weighted by molar-refractivity contribution is 0.0704. The first-order valence-electron chi connectivity index (χ1n) is 12.5. The molecule has 0 spiro atoms. The Hall–Kier alpha value is -5.15. The van der Waals surface area contributed by atoms with E-state index >= 15 is 0 Å². The van der Waals surface area contributed by atoms with Crippen LogP contribution in [0, 0.1) is 0 Å². The molecule has 9 nitrogen and oxygen atoms in total. The highest BCUT2D eigenvalue weighted by molar-refractivity contribution is 6.12. The van der Waals surface area contributed by atoms with Crippen LogP contribution in [-0.4, -0.2) is 38.7 Å². The summed E-state index contributed by atoms with van der Waals surface area (Å²) < 4.78 is 0. The monoisotopic (exact) mass is 519 g/mol. The van der Waals surface area contributed by atoms with Crippen LogP contribution in [0.15, 0.2) is 97.1 Å². The van der Waals surface area contributed by atoms with Crippen molar-refractivity contribution in [1.29, 1.82) is 0 Å². The number of aliphatic hydroxyl groups is 1. The standard InChI is InChI=1S/C30H25N5O4/c1-2-34(20-9-4-3-5-10-20)21-11-8-12-22(18-21)35-27(36)23-13-6-7-14-24(23)30(35,39)19-15-16-25-26(17-19)32-28(31-25)33-29(37)38/h3-18,39H,2H2,1H3,(H,37,38)(H2,31,32,33). The van der Waals surface area contributed by atoms with Gasteiger partial charge in [-0.25, -0.2) is 9.78 Å². The summed E-state index contributed by atoms with van der Waals surface area (Å²) in [4.78, 5) is 35.6. The molecule has 39 heavy (non-hydrogen) atoms. The summed E-state index contributed by atoms with van der Waals surface area (Å²) in [6, 6.07) is 29.6. The zero-order valence-corrected chi connectivity index (χ0v) is 21.0. The van der Waals surface area contributed by atoms with Gasteiger partial charge in [0.2, 0.25) is 5.95 Å². The molecule has 1 aliphatic rings. The fourth-order valence-corrected chi connectivity index (χ4v) is 5.26. The number of carbonyl (C=O) groups is 2. The van der Waals surface area contributed by atoms with Gasteiger partial charge in [-0.05, 0) is 55.5 Å². The molecule has 5 aromatic rings.